The monoisotopic (exact) mass is 475 g/mol. The molecule has 1 aromatic carbocycles. The maximum Gasteiger partial charge on any atom is 0.257 e. The number of carbonyl (C=O) groups is 1. The van der Waals surface area contributed by atoms with E-state index < -0.39 is 0 Å². The van der Waals surface area contributed by atoms with Crippen LogP contribution in [-0.2, 0) is 3.07 Å². The summed E-state index contributed by atoms with van der Waals surface area (Å²) in [6.45, 7) is 1.63. The highest BCUT2D eigenvalue weighted by Gasteiger charge is 2.26. The first-order valence-corrected chi connectivity index (χ1v) is 9.51. The van der Waals surface area contributed by atoms with E-state index in [0.717, 1.165) is 42.3 Å². The maximum absolute atomic E-state index is 12.7. The molecule has 3 aromatic rings. The smallest absolute Gasteiger partial charge is 0.257 e. The van der Waals surface area contributed by atoms with Crippen molar-refractivity contribution < 1.29 is 7.86 Å². The SMILES string of the molecule is O=C(Nc1ccccc1)c1cnc(N2CC[C@@H](OI)C2)c(-c2ccn[nH]2)c1. The Hall–Kier alpha value is -2.46. The lowest BCUT2D eigenvalue weighted by Crippen LogP contribution is -2.23. The second-order valence-electron chi connectivity index (χ2n) is 6.33. The molecule has 27 heavy (non-hydrogen) atoms. The van der Waals surface area contributed by atoms with Crippen molar-refractivity contribution in [3.8, 4) is 11.3 Å². The molecule has 1 saturated heterocycles. The van der Waals surface area contributed by atoms with Gasteiger partial charge in [-0.1, -0.05) is 18.2 Å². The van der Waals surface area contributed by atoms with Crippen molar-refractivity contribution in [2.24, 2.45) is 0 Å². The largest absolute Gasteiger partial charge is 0.353 e. The van der Waals surface area contributed by atoms with Gasteiger partial charge >= 0.3 is 0 Å². The van der Waals surface area contributed by atoms with Crippen LogP contribution in [0.25, 0.3) is 11.3 Å². The summed E-state index contributed by atoms with van der Waals surface area (Å²) >= 11 is 1.95. The number of aromatic amines is 1. The highest BCUT2D eigenvalue weighted by molar-refractivity contribution is 14.1. The van der Waals surface area contributed by atoms with E-state index >= 15 is 0 Å². The molecule has 2 aromatic heterocycles. The number of hydrogen-bond donors (Lipinski definition) is 2. The average molecular weight is 475 g/mol. The van der Waals surface area contributed by atoms with Crippen LogP contribution in [0.3, 0.4) is 0 Å². The average Bonchev–Trinajstić information content (AvgIpc) is 3.40. The minimum absolute atomic E-state index is 0.183. The van der Waals surface area contributed by atoms with Crippen molar-refractivity contribution in [2.45, 2.75) is 12.5 Å². The van der Waals surface area contributed by atoms with Crippen LogP contribution < -0.4 is 10.2 Å². The quantitative estimate of drug-likeness (QED) is 0.551. The van der Waals surface area contributed by atoms with Crippen LogP contribution >= 0.6 is 23.0 Å². The fourth-order valence-electron chi connectivity index (χ4n) is 3.16. The van der Waals surface area contributed by atoms with Crippen LogP contribution in [-0.4, -0.2) is 40.3 Å². The maximum atomic E-state index is 12.7. The summed E-state index contributed by atoms with van der Waals surface area (Å²) in [5.41, 5.74) is 2.91. The lowest BCUT2D eigenvalue weighted by molar-refractivity contribution is 0.102. The van der Waals surface area contributed by atoms with Gasteiger partial charge in [0.2, 0.25) is 0 Å². The summed E-state index contributed by atoms with van der Waals surface area (Å²) < 4.78 is 5.44. The number of anilines is 2. The Morgan fingerprint density at radius 1 is 1.30 bits per heavy atom. The fourth-order valence-corrected chi connectivity index (χ4v) is 3.57. The Bertz CT molecular complexity index is 917. The van der Waals surface area contributed by atoms with E-state index in [1.165, 1.54) is 0 Å². The van der Waals surface area contributed by atoms with Gasteiger partial charge in [0.15, 0.2) is 0 Å². The summed E-state index contributed by atoms with van der Waals surface area (Å²) in [5.74, 6) is 0.627. The number of aromatic nitrogens is 3. The van der Waals surface area contributed by atoms with Crippen LogP contribution in [0, 0.1) is 0 Å². The number of halogens is 1. The van der Waals surface area contributed by atoms with Crippen LogP contribution in [0.2, 0.25) is 0 Å². The number of nitrogens with one attached hydrogen (secondary N) is 2. The van der Waals surface area contributed by atoms with Gasteiger partial charge in [-0.2, -0.15) is 5.10 Å². The molecule has 1 fully saturated rings. The van der Waals surface area contributed by atoms with Crippen molar-refractivity contribution in [1.29, 1.82) is 0 Å². The zero-order valence-electron chi connectivity index (χ0n) is 14.4. The van der Waals surface area contributed by atoms with Gasteiger partial charge in [0.1, 0.15) is 28.8 Å². The number of para-hydroxylation sites is 1. The number of benzene rings is 1. The summed E-state index contributed by atoms with van der Waals surface area (Å²) in [6.07, 6.45) is 4.44. The first-order chi connectivity index (χ1) is 13.2. The fraction of sp³-hybridized carbons (Fsp3) is 0.211. The summed E-state index contributed by atoms with van der Waals surface area (Å²) in [7, 11) is 0. The van der Waals surface area contributed by atoms with E-state index in [9.17, 15) is 4.79 Å². The highest BCUT2D eigenvalue weighted by atomic mass is 127. The Kier molecular flexibility index (Phi) is 5.35. The molecule has 0 unspecified atom stereocenters. The third-order valence-electron chi connectivity index (χ3n) is 4.52. The van der Waals surface area contributed by atoms with Gasteiger partial charge in [-0.15, -0.1) is 0 Å². The second kappa shape index (κ2) is 8.05. The number of pyridine rings is 1. The van der Waals surface area contributed by atoms with E-state index in [-0.39, 0.29) is 12.0 Å². The van der Waals surface area contributed by atoms with Gasteiger partial charge in [-0.3, -0.25) is 9.89 Å². The van der Waals surface area contributed by atoms with Gasteiger partial charge in [-0.25, -0.2) is 4.98 Å². The van der Waals surface area contributed by atoms with Crippen molar-refractivity contribution in [3.63, 3.8) is 0 Å². The molecule has 0 aliphatic carbocycles. The molecule has 7 nitrogen and oxygen atoms in total. The van der Waals surface area contributed by atoms with E-state index in [4.69, 9.17) is 3.07 Å². The lowest BCUT2D eigenvalue weighted by atomic mass is 10.1. The summed E-state index contributed by atoms with van der Waals surface area (Å²) in [6, 6.07) is 13.1. The predicted molar refractivity (Wildman–Crippen MR) is 112 cm³/mol. The zero-order chi connectivity index (χ0) is 18.6. The first kappa shape index (κ1) is 17.9. The van der Waals surface area contributed by atoms with Gasteiger partial charge in [-0.05, 0) is 30.7 Å². The Morgan fingerprint density at radius 3 is 2.85 bits per heavy atom. The normalized spacial score (nSPS) is 16.5. The number of carbonyl (C=O) groups excluding carboxylic acids is 1. The van der Waals surface area contributed by atoms with Crippen molar-refractivity contribution >= 4 is 40.4 Å². The molecule has 3 heterocycles. The molecule has 1 atom stereocenters. The van der Waals surface area contributed by atoms with Gasteiger partial charge in [0.05, 0.1) is 17.4 Å². The van der Waals surface area contributed by atoms with Crippen molar-refractivity contribution in [3.05, 3.63) is 60.4 Å². The minimum atomic E-state index is -0.198. The van der Waals surface area contributed by atoms with Gasteiger partial charge < -0.3 is 13.3 Å². The van der Waals surface area contributed by atoms with Crippen LogP contribution in [0.1, 0.15) is 16.8 Å². The van der Waals surface area contributed by atoms with E-state index in [1.807, 2.05) is 65.5 Å². The van der Waals surface area contributed by atoms with Crippen LogP contribution in [0.4, 0.5) is 11.5 Å². The highest BCUT2D eigenvalue weighted by Crippen LogP contribution is 2.31. The molecule has 0 radical (unpaired) electrons. The third-order valence-corrected chi connectivity index (χ3v) is 5.24. The summed E-state index contributed by atoms with van der Waals surface area (Å²) in [5, 5.41) is 9.92. The molecule has 0 bridgehead atoms. The third kappa shape index (κ3) is 3.96. The molecular formula is C19H18IN5O2. The number of nitrogens with zero attached hydrogens (tertiary/aromatic N) is 3. The Balaban J connectivity index is 1.65. The minimum Gasteiger partial charge on any atom is -0.353 e. The number of rotatable bonds is 5. The van der Waals surface area contributed by atoms with Crippen LogP contribution in [0.5, 0.6) is 0 Å². The summed E-state index contributed by atoms with van der Waals surface area (Å²) in [4.78, 5) is 19.4. The predicted octanol–water partition coefficient (Wildman–Crippen LogP) is 3.67. The molecule has 8 heteroatoms. The van der Waals surface area contributed by atoms with E-state index in [0.29, 0.717) is 5.56 Å². The number of amides is 1. The van der Waals surface area contributed by atoms with Crippen molar-refractivity contribution in [1.82, 2.24) is 15.2 Å². The zero-order valence-corrected chi connectivity index (χ0v) is 16.6. The van der Waals surface area contributed by atoms with Crippen LogP contribution in [0.15, 0.2) is 54.9 Å². The molecule has 0 spiro atoms. The molecule has 138 valence electrons. The number of H-pyrrole nitrogens is 1. The molecule has 1 amide bonds. The molecule has 4 rings (SSSR count). The van der Waals surface area contributed by atoms with E-state index in [2.05, 4.69) is 25.4 Å². The van der Waals surface area contributed by atoms with Crippen molar-refractivity contribution in [2.75, 3.05) is 23.3 Å². The van der Waals surface area contributed by atoms with Gasteiger partial charge in [0.25, 0.3) is 5.91 Å². The molecule has 1 aliphatic rings. The Morgan fingerprint density at radius 2 is 2.15 bits per heavy atom. The molecule has 0 saturated carbocycles. The van der Waals surface area contributed by atoms with Gasteiger partial charge in [0, 0.05) is 36.7 Å². The lowest BCUT2D eigenvalue weighted by Gasteiger charge is -2.20. The standard InChI is InChI=1S/C19H18IN5O2/c20-27-15-7-9-25(12-15)18-16(17-6-8-22-24-17)10-13(11-21-18)19(26)23-14-4-2-1-3-5-14/h1-6,8,10-11,15H,7,9,12H2,(H,22,24)(H,23,26)/t15-/m1/s1. The first-order valence-electron chi connectivity index (χ1n) is 8.63. The molecular weight excluding hydrogens is 457 g/mol. The second-order valence-corrected chi connectivity index (χ2v) is 6.84. The number of hydrogen-bond acceptors (Lipinski definition) is 5. The topological polar surface area (TPSA) is 83.1 Å². The molecule has 2 N–H and O–H groups in total. The van der Waals surface area contributed by atoms with E-state index in [1.54, 1.807) is 12.4 Å². The molecule has 1 aliphatic heterocycles. The Labute approximate surface area is 170 Å².